The van der Waals surface area contributed by atoms with Crippen molar-refractivity contribution in [3.05, 3.63) is 63.1 Å². The molecule has 0 N–H and O–H groups in total. The number of hydrogen-bond donors (Lipinski definition) is 0. The van der Waals surface area contributed by atoms with Gasteiger partial charge in [-0.2, -0.15) is 0 Å². The Balaban J connectivity index is 1.45. The van der Waals surface area contributed by atoms with Crippen LogP contribution in [0.2, 0.25) is 0 Å². The normalized spacial score (nSPS) is 16.2. The molecule has 1 aliphatic rings. The highest BCUT2D eigenvalue weighted by molar-refractivity contribution is 5.69. The molecule has 1 fully saturated rings. The molecule has 3 aromatic rings. The van der Waals surface area contributed by atoms with E-state index in [-0.39, 0.29) is 11.2 Å². The van der Waals surface area contributed by atoms with Gasteiger partial charge in [0.25, 0.3) is 5.56 Å². The molecule has 3 heterocycles. The quantitative estimate of drug-likeness (QED) is 0.698. The second-order valence-corrected chi connectivity index (χ2v) is 7.34. The first kappa shape index (κ1) is 17.7. The van der Waals surface area contributed by atoms with Crippen molar-refractivity contribution in [1.29, 1.82) is 0 Å². The van der Waals surface area contributed by atoms with Crippen LogP contribution in [0.15, 0.2) is 46.2 Å². The van der Waals surface area contributed by atoms with E-state index in [9.17, 15) is 9.59 Å². The third-order valence-electron chi connectivity index (χ3n) is 5.73. The molecule has 1 aromatic carbocycles. The van der Waals surface area contributed by atoms with Crippen LogP contribution in [0.25, 0.3) is 11.2 Å². The molecular weight excluding hydrogens is 342 g/mol. The highest BCUT2D eigenvalue weighted by atomic mass is 16.2. The molecule has 142 valence electrons. The Morgan fingerprint density at radius 3 is 2.41 bits per heavy atom. The van der Waals surface area contributed by atoms with E-state index in [4.69, 9.17) is 0 Å². The number of benzene rings is 1. The molecule has 7 heteroatoms. The molecule has 0 atom stereocenters. The van der Waals surface area contributed by atoms with E-state index in [0.29, 0.717) is 23.6 Å². The van der Waals surface area contributed by atoms with E-state index in [1.807, 2.05) is 4.57 Å². The Labute approximate surface area is 157 Å². The van der Waals surface area contributed by atoms with E-state index >= 15 is 0 Å². The highest BCUT2D eigenvalue weighted by Crippen LogP contribution is 2.27. The minimum Gasteiger partial charge on any atom is -0.323 e. The van der Waals surface area contributed by atoms with Crippen LogP contribution in [0.4, 0.5) is 0 Å². The summed E-state index contributed by atoms with van der Waals surface area (Å²) < 4.78 is 4.45. The van der Waals surface area contributed by atoms with Gasteiger partial charge in [-0.25, -0.2) is 9.78 Å². The predicted octanol–water partition coefficient (Wildman–Crippen LogP) is 1.31. The summed E-state index contributed by atoms with van der Waals surface area (Å²) in [6.45, 7) is 3.68. The van der Waals surface area contributed by atoms with Gasteiger partial charge in [0.05, 0.1) is 6.33 Å². The van der Waals surface area contributed by atoms with Crippen LogP contribution >= 0.6 is 0 Å². The Hall–Kier alpha value is -2.67. The Morgan fingerprint density at radius 2 is 1.70 bits per heavy atom. The molecule has 1 aliphatic heterocycles. The van der Waals surface area contributed by atoms with Crippen LogP contribution in [-0.2, 0) is 20.6 Å². The number of imidazole rings is 1. The lowest BCUT2D eigenvalue weighted by molar-refractivity contribution is 0.206. The van der Waals surface area contributed by atoms with Crippen molar-refractivity contribution < 1.29 is 0 Å². The number of fused-ring (bicyclic) bond motifs is 1. The first-order valence-electron chi connectivity index (χ1n) is 9.44. The molecule has 4 rings (SSSR count). The number of aryl methyl sites for hydroxylation is 1. The number of nitrogens with zero attached hydrogens (tertiary/aromatic N) is 5. The fourth-order valence-electron chi connectivity index (χ4n) is 4.03. The monoisotopic (exact) mass is 367 g/mol. The molecule has 0 amide bonds. The minimum atomic E-state index is -0.347. The van der Waals surface area contributed by atoms with Crippen LogP contribution in [0.3, 0.4) is 0 Å². The van der Waals surface area contributed by atoms with Crippen LogP contribution in [0, 0.1) is 0 Å². The molecule has 0 spiro atoms. The van der Waals surface area contributed by atoms with Gasteiger partial charge in [-0.05, 0) is 37.4 Å². The standard InChI is InChI=1S/C20H25N5O2/c1-22-18-17(19(26)23(2)20(22)27)25(14-21-18)13-12-24-10-8-16(9-11-24)15-6-4-3-5-7-15/h3-7,14,16H,8-13H2,1-2H3. The van der Waals surface area contributed by atoms with Crippen LogP contribution in [0.1, 0.15) is 24.3 Å². The SMILES string of the molecule is Cn1c(=O)c2c(ncn2CCN2CCC(c3ccccc3)CC2)n(C)c1=O. The zero-order valence-corrected chi connectivity index (χ0v) is 15.8. The van der Waals surface area contributed by atoms with Gasteiger partial charge in [0, 0.05) is 27.2 Å². The van der Waals surface area contributed by atoms with Gasteiger partial charge < -0.3 is 9.47 Å². The molecule has 7 nitrogen and oxygen atoms in total. The Bertz CT molecular complexity index is 1060. The maximum atomic E-state index is 12.5. The fourth-order valence-corrected chi connectivity index (χ4v) is 4.03. The fraction of sp³-hybridized carbons (Fsp3) is 0.450. The maximum Gasteiger partial charge on any atom is 0.332 e. The summed E-state index contributed by atoms with van der Waals surface area (Å²) in [5, 5.41) is 0. The second kappa shape index (κ2) is 7.15. The van der Waals surface area contributed by atoms with E-state index in [0.717, 1.165) is 37.0 Å². The van der Waals surface area contributed by atoms with Crippen molar-refractivity contribution in [2.24, 2.45) is 14.1 Å². The van der Waals surface area contributed by atoms with E-state index < -0.39 is 0 Å². The number of rotatable bonds is 4. The second-order valence-electron chi connectivity index (χ2n) is 7.34. The number of hydrogen-bond acceptors (Lipinski definition) is 4. The molecule has 2 aromatic heterocycles. The van der Waals surface area contributed by atoms with Crippen molar-refractivity contribution in [1.82, 2.24) is 23.6 Å². The third-order valence-corrected chi connectivity index (χ3v) is 5.73. The summed E-state index contributed by atoms with van der Waals surface area (Å²) in [5.74, 6) is 0.637. The smallest absolute Gasteiger partial charge is 0.323 e. The number of piperidine rings is 1. The van der Waals surface area contributed by atoms with Crippen LogP contribution < -0.4 is 11.2 Å². The van der Waals surface area contributed by atoms with Crippen molar-refractivity contribution in [2.45, 2.75) is 25.3 Å². The molecule has 0 aliphatic carbocycles. The summed E-state index contributed by atoms with van der Waals surface area (Å²) in [6.07, 6.45) is 3.98. The van der Waals surface area contributed by atoms with E-state index in [2.05, 4.69) is 40.2 Å². The van der Waals surface area contributed by atoms with Crippen molar-refractivity contribution in [3.8, 4) is 0 Å². The zero-order valence-electron chi connectivity index (χ0n) is 15.8. The van der Waals surface area contributed by atoms with Crippen LogP contribution in [0.5, 0.6) is 0 Å². The Morgan fingerprint density at radius 1 is 1.00 bits per heavy atom. The molecule has 1 saturated heterocycles. The summed E-state index contributed by atoms with van der Waals surface area (Å²) >= 11 is 0. The first-order valence-corrected chi connectivity index (χ1v) is 9.44. The molecule has 0 unspecified atom stereocenters. The van der Waals surface area contributed by atoms with Crippen molar-refractivity contribution in [2.75, 3.05) is 19.6 Å². The van der Waals surface area contributed by atoms with Gasteiger partial charge in [0.15, 0.2) is 11.2 Å². The summed E-state index contributed by atoms with van der Waals surface area (Å²) in [5.41, 5.74) is 1.75. The molecule has 0 radical (unpaired) electrons. The van der Waals surface area contributed by atoms with E-state index in [1.165, 1.54) is 17.2 Å². The van der Waals surface area contributed by atoms with Gasteiger partial charge >= 0.3 is 5.69 Å². The van der Waals surface area contributed by atoms with Gasteiger partial charge in [-0.1, -0.05) is 30.3 Å². The minimum absolute atomic E-state index is 0.284. The summed E-state index contributed by atoms with van der Waals surface area (Å²) in [6, 6.07) is 10.7. The molecular formula is C20H25N5O2. The van der Waals surface area contributed by atoms with Crippen molar-refractivity contribution in [3.63, 3.8) is 0 Å². The molecule has 0 bridgehead atoms. The molecule has 0 saturated carbocycles. The molecule has 27 heavy (non-hydrogen) atoms. The highest BCUT2D eigenvalue weighted by Gasteiger charge is 2.21. The van der Waals surface area contributed by atoms with Gasteiger partial charge in [0.2, 0.25) is 0 Å². The lowest BCUT2D eigenvalue weighted by Gasteiger charge is -2.32. The van der Waals surface area contributed by atoms with Crippen molar-refractivity contribution >= 4 is 11.2 Å². The summed E-state index contributed by atoms with van der Waals surface area (Å²) in [4.78, 5) is 31.3. The first-order chi connectivity index (χ1) is 13.1. The number of aromatic nitrogens is 4. The number of likely N-dealkylation sites (tertiary alicyclic amines) is 1. The average Bonchev–Trinajstić information content (AvgIpc) is 3.14. The van der Waals surface area contributed by atoms with Crippen LogP contribution in [-0.4, -0.2) is 43.2 Å². The average molecular weight is 367 g/mol. The lowest BCUT2D eigenvalue weighted by atomic mass is 9.89. The Kier molecular flexibility index (Phi) is 4.70. The summed E-state index contributed by atoms with van der Waals surface area (Å²) in [7, 11) is 3.16. The lowest BCUT2D eigenvalue weighted by Crippen LogP contribution is -2.38. The van der Waals surface area contributed by atoms with Gasteiger partial charge in [0.1, 0.15) is 0 Å². The van der Waals surface area contributed by atoms with Gasteiger partial charge in [-0.3, -0.25) is 13.9 Å². The zero-order chi connectivity index (χ0) is 19.0. The topological polar surface area (TPSA) is 65.1 Å². The largest absolute Gasteiger partial charge is 0.332 e. The van der Waals surface area contributed by atoms with Gasteiger partial charge in [-0.15, -0.1) is 0 Å². The third kappa shape index (κ3) is 3.23. The maximum absolute atomic E-state index is 12.5. The van der Waals surface area contributed by atoms with E-state index in [1.54, 1.807) is 13.4 Å². The predicted molar refractivity (Wildman–Crippen MR) is 105 cm³/mol.